The number of benzene rings is 4. The highest BCUT2D eigenvalue weighted by Crippen LogP contribution is 2.55. The number of nitrogens with zero attached hydrogens (tertiary/aromatic N) is 2. The zero-order chi connectivity index (χ0) is 25.4. The van der Waals surface area contributed by atoms with Crippen molar-refractivity contribution in [3.63, 3.8) is 0 Å². The molecule has 0 radical (unpaired) electrons. The van der Waals surface area contributed by atoms with Gasteiger partial charge in [0.15, 0.2) is 0 Å². The largest absolute Gasteiger partial charge is 0.497 e. The van der Waals surface area contributed by atoms with Crippen LogP contribution in [0, 0.1) is 0 Å². The van der Waals surface area contributed by atoms with Gasteiger partial charge in [0.1, 0.15) is 23.0 Å². The second-order valence-electron chi connectivity index (χ2n) is 9.66. The number of hydrogen-bond acceptors (Lipinski definition) is 6. The van der Waals surface area contributed by atoms with Crippen LogP contribution in [0.4, 0.5) is 9.59 Å². The molecule has 3 atom stereocenters. The van der Waals surface area contributed by atoms with Crippen LogP contribution in [0.5, 0.6) is 23.0 Å². The number of rotatable bonds is 2. The van der Waals surface area contributed by atoms with Crippen molar-refractivity contribution >= 4 is 33.7 Å². The van der Waals surface area contributed by atoms with E-state index in [4.69, 9.17) is 18.9 Å². The van der Waals surface area contributed by atoms with Crippen LogP contribution < -0.4 is 18.9 Å². The van der Waals surface area contributed by atoms with E-state index < -0.39 is 24.3 Å². The average molecular weight is 497 g/mol. The van der Waals surface area contributed by atoms with Crippen molar-refractivity contribution in [1.82, 2.24) is 9.80 Å². The lowest BCUT2D eigenvalue weighted by Crippen LogP contribution is -2.61. The molecule has 3 heterocycles. The highest BCUT2D eigenvalue weighted by Gasteiger charge is 2.53. The lowest BCUT2D eigenvalue weighted by molar-refractivity contribution is -0.0133. The van der Waals surface area contributed by atoms with Crippen LogP contribution in [0.25, 0.3) is 21.5 Å². The Hall–Kier alpha value is -4.46. The molecule has 37 heavy (non-hydrogen) atoms. The summed E-state index contributed by atoms with van der Waals surface area (Å²) in [7, 11) is 3.25. The van der Waals surface area contributed by atoms with E-state index in [2.05, 4.69) is 0 Å². The summed E-state index contributed by atoms with van der Waals surface area (Å²) in [5.41, 5.74) is 1.69. The summed E-state index contributed by atoms with van der Waals surface area (Å²) in [6.45, 7) is 2.24. The molecule has 2 amide bonds. The highest BCUT2D eigenvalue weighted by molar-refractivity contribution is 5.95. The molecule has 4 aromatic rings. The van der Waals surface area contributed by atoms with Gasteiger partial charge >= 0.3 is 12.2 Å². The van der Waals surface area contributed by atoms with Gasteiger partial charge in [-0.25, -0.2) is 9.59 Å². The number of carbonyl (C=O) groups excluding carboxylic acids is 2. The van der Waals surface area contributed by atoms with Crippen molar-refractivity contribution in [2.45, 2.75) is 25.0 Å². The molecule has 8 heteroatoms. The van der Waals surface area contributed by atoms with E-state index in [9.17, 15) is 9.59 Å². The van der Waals surface area contributed by atoms with Gasteiger partial charge in [0.25, 0.3) is 0 Å². The Bertz CT molecular complexity index is 1630. The van der Waals surface area contributed by atoms with E-state index >= 15 is 0 Å². The van der Waals surface area contributed by atoms with Crippen molar-refractivity contribution in [3.8, 4) is 23.0 Å². The number of methoxy groups -OCH3 is 2. The van der Waals surface area contributed by atoms with Crippen LogP contribution in [0.2, 0.25) is 0 Å². The monoisotopic (exact) mass is 496 g/mol. The first-order valence-electron chi connectivity index (χ1n) is 12.2. The van der Waals surface area contributed by atoms with Crippen LogP contribution in [0.15, 0.2) is 60.7 Å². The van der Waals surface area contributed by atoms with E-state index in [1.807, 2.05) is 67.6 Å². The first-order chi connectivity index (χ1) is 18.0. The molecule has 3 aliphatic rings. The van der Waals surface area contributed by atoms with Gasteiger partial charge in [-0.3, -0.25) is 9.80 Å². The normalized spacial score (nSPS) is 22.0. The maximum Gasteiger partial charge on any atom is 0.416 e. The molecule has 0 aliphatic carbocycles. The summed E-state index contributed by atoms with van der Waals surface area (Å²) >= 11 is 0. The summed E-state index contributed by atoms with van der Waals surface area (Å²) in [5.74, 6) is 2.37. The summed E-state index contributed by atoms with van der Waals surface area (Å²) in [5, 5.41) is 3.79. The highest BCUT2D eigenvalue weighted by atomic mass is 16.6. The lowest BCUT2D eigenvalue weighted by Gasteiger charge is -2.53. The van der Waals surface area contributed by atoms with Crippen LogP contribution in [-0.2, 0) is 0 Å². The molecule has 7 rings (SSSR count). The molecule has 0 spiro atoms. The molecule has 186 valence electrons. The first kappa shape index (κ1) is 21.8. The second-order valence-corrected chi connectivity index (χ2v) is 9.66. The Morgan fingerprint density at radius 1 is 0.730 bits per heavy atom. The molecule has 4 aromatic carbocycles. The van der Waals surface area contributed by atoms with Crippen molar-refractivity contribution in [2.24, 2.45) is 0 Å². The molecule has 0 N–H and O–H groups in total. The lowest BCUT2D eigenvalue weighted by atomic mass is 9.81. The van der Waals surface area contributed by atoms with Crippen LogP contribution in [-0.4, -0.2) is 48.8 Å². The predicted octanol–water partition coefficient (Wildman–Crippen LogP) is 5.82. The van der Waals surface area contributed by atoms with Gasteiger partial charge in [-0.2, -0.15) is 0 Å². The quantitative estimate of drug-likeness (QED) is 0.348. The number of amides is 2. The number of fused-ring (bicyclic) bond motifs is 11. The summed E-state index contributed by atoms with van der Waals surface area (Å²) in [6, 6.07) is 18.0. The number of hydrogen-bond donors (Lipinski definition) is 0. The molecule has 0 aromatic heterocycles. The fourth-order valence-electron chi connectivity index (χ4n) is 6.12. The van der Waals surface area contributed by atoms with Crippen molar-refractivity contribution in [2.75, 3.05) is 20.8 Å². The van der Waals surface area contributed by atoms with Gasteiger partial charge in [0.2, 0.25) is 0 Å². The molecular weight excluding hydrogens is 472 g/mol. The summed E-state index contributed by atoms with van der Waals surface area (Å²) < 4.78 is 22.8. The smallest absolute Gasteiger partial charge is 0.416 e. The number of carbonyl (C=O) groups is 2. The van der Waals surface area contributed by atoms with Crippen molar-refractivity contribution in [3.05, 3.63) is 71.8 Å². The fourth-order valence-corrected chi connectivity index (χ4v) is 6.12. The number of piperazine rings is 1. The van der Waals surface area contributed by atoms with E-state index in [1.54, 1.807) is 24.0 Å². The van der Waals surface area contributed by atoms with E-state index in [0.717, 1.165) is 32.7 Å². The molecule has 0 bridgehead atoms. The standard InChI is InChI=1S/C29H24N2O6/c1-15-14-30-26(24-20-12-18(34-2)8-4-16(20)6-10-22(24)36-28(30)32)27-25-21-13-19(35-3)9-5-17(21)7-11-23(25)37-29(33)31(15)27/h4-13,15,26-27H,14H2,1-3H3/t15?,26-,27-/m1/s1. The van der Waals surface area contributed by atoms with Gasteiger partial charge in [0.05, 0.1) is 32.3 Å². The Labute approximate surface area is 212 Å². The minimum absolute atomic E-state index is 0.290. The van der Waals surface area contributed by atoms with Crippen molar-refractivity contribution < 1.29 is 28.5 Å². The van der Waals surface area contributed by atoms with Gasteiger partial charge in [-0.1, -0.05) is 24.3 Å². The maximum absolute atomic E-state index is 13.4. The first-order valence-corrected chi connectivity index (χ1v) is 12.2. The average Bonchev–Trinajstić information content (AvgIpc) is 2.91. The van der Waals surface area contributed by atoms with Crippen LogP contribution in [0.1, 0.15) is 30.1 Å². The fraction of sp³-hybridized carbons (Fsp3) is 0.241. The number of ether oxygens (including phenoxy) is 4. The van der Waals surface area contributed by atoms with Gasteiger partial charge in [-0.15, -0.1) is 0 Å². The van der Waals surface area contributed by atoms with Gasteiger partial charge < -0.3 is 18.9 Å². The topological polar surface area (TPSA) is 77.5 Å². The molecule has 3 aliphatic heterocycles. The van der Waals surface area contributed by atoms with Crippen molar-refractivity contribution in [1.29, 1.82) is 0 Å². The third kappa shape index (κ3) is 3.02. The molecule has 8 nitrogen and oxygen atoms in total. The Kier molecular flexibility index (Phi) is 4.58. The Morgan fingerprint density at radius 3 is 1.81 bits per heavy atom. The van der Waals surface area contributed by atoms with Crippen LogP contribution in [0.3, 0.4) is 0 Å². The minimum Gasteiger partial charge on any atom is -0.497 e. The Morgan fingerprint density at radius 2 is 1.24 bits per heavy atom. The van der Waals surface area contributed by atoms with E-state index in [1.165, 1.54) is 0 Å². The second kappa shape index (κ2) is 7.77. The molecule has 1 saturated heterocycles. The predicted molar refractivity (Wildman–Crippen MR) is 137 cm³/mol. The van der Waals surface area contributed by atoms with Gasteiger partial charge in [0, 0.05) is 17.7 Å². The van der Waals surface area contributed by atoms with E-state index in [-0.39, 0.29) is 6.04 Å². The van der Waals surface area contributed by atoms with Gasteiger partial charge in [-0.05, 0) is 64.9 Å². The maximum atomic E-state index is 13.4. The third-order valence-corrected chi connectivity index (χ3v) is 7.76. The molecule has 1 unspecified atom stereocenters. The molecule has 0 saturated carbocycles. The zero-order valence-electron chi connectivity index (χ0n) is 20.6. The molecule has 1 fully saturated rings. The SMILES string of the molecule is COc1ccc2ccc3c(c2c1)[C@@H]1[C@H]2c4c(ccc5ccc(OC)cc45)OC(=O)N2C(C)CN1C(=O)O3. The summed E-state index contributed by atoms with van der Waals surface area (Å²) in [4.78, 5) is 30.3. The third-order valence-electron chi connectivity index (χ3n) is 7.76. The minimum atomic E-state index is -0.501. The van der Waals surface area contributed by atoms with Crippen LogP contribution >= 0.6 is 0 Å². The molecular formula is C29H24N2O6. The zero-order valence-corrected chi connectivity index (χ0v) is 20.6. The van der Waals surface area contributed by atoms with E-state index in [0.29, 0.717) is 29.5 Å². The summed E-state index contributed by atoms with van der Waals surface area (Å²) in [6.07, 6.45) is -0.852. The Balaban J connectivity index is 1.57.